The van der Waals surface area contributed by atoms with E-state index < -0.39 is 10.0 Å². The topological polar surface area (TPSA) is 91.8 Å². The zero-order valence-electron chi connectivity index (χ0n) is 13.6. The second kappa shape index (κ2) is 7.34. The number of anilines is 1. The predicted octanol–water partition coefficient (Wildman–Crippen LogP) is 1.32. The minimum absolute atomic E-state index is 0.114. The third-order valence-corrected chi connectivity index (χ3v) is 7.09. The fraction of sp³-hybridized carbons (Fsp3) is 0.714. The molecule has 1 aromatic heterocycles. The number of ether oxygens (including phenoxy) is 1. The summed E-state index contributed by atoms with van der Waals surface area (Å²) in [4.78, 5) is 18.4. The highest BCUT2D eigenvalue weighted by Gasteiger charge is 2.37. The zero-order chi connectivity index (χ0) is 17.2. The highest BCUT2D eigenvalue weighted by Crippen LogP contribution is 2.24. The number of piperidine rings is 1. The number of carbonyl (C=O) groups excluding carboxylic acids is 1. The number of hydrogen-bond donors (Lipinski definition) is 1. The fourth-order valence-electron chi connectivity index (χ4n) is 3.19. The highest BCUT2D eigenvalue weighted by molar-refractivity contribution is 7.89. The molecule has 134 valence electrons. The molecule has 0 spiro atoms. The Morgan fingerprint density at radius 1 is 1.46 bits per heavy atom. The van der Waals surface area contributed by atoms with Gasteiger partial charge in [-0.3, -0.25) is 5.32 Å². The van der Waals surface area contributed by atoms with Crippen LogP contribution in [0.3, 0.4) is 0 Å². The van der Waals surface area contributed by atoms with Crippen molar-refractivity contribution < 1.29 is 17.9 Å². The van der Waals surface area contributed by atoms with E-state index in [0.717, 1.165) is 18.5 Å². The van der Waals surface area contributed by atoms with E-state index in [0.29, 0.717) is 37.8 Å². The van der Waals surface area contributed by atoms with Crippen LogP contribution in [0.4, 0.5) is 9.93 Å². The van der Waals surface area contributed by atoms with Gasteiger partial charge in [0.15, 0.2) is 5.13 Å². The SMILES string of the molecule is COCc1csc(NC(=O)N2CCCC(N3CCCS3(=O)=O)C2)n1. The lowest BCUT2D eigenvalue weighted by atomic mass is 10.1. The van der Waals surface area contributed by atoms with Crippen LogP contribution in [0.25, 0.3) is 0 Å². The first-order valence-corrected chi connectivity index (χ1v) is 10.5. The summed E-state index contributed by atoms with van der Waals surface area (Å²) in [5, 5.41) is 5.17. The van der Waals surface area contributed by atoms with Crippen LogP contribution in [-0.2, 0) is 21.4 Å². The Balaban J connectivity index is 1.60. The van der Waals surface area contributed by atoms with Crippen LogP contribution < -0.4 is 5.32 Å². The summed E-state index contributed by atoms with van der Waals surface area (Å²) in [6, 6.07) is -0.341. The number of nitrogens with zero attached hydrogens (tertiary/aromatic N) is 3. The van der Waals surface area contributed by atoms with Crippen molar-refractivity contribution in [3.63, 3.8) is 0 Å². The van der Waals surface area contributed by atoms with Crippen molar-refractivity contribution in [1.29, 1.82) is 0 Å². The molecule has 0 radical (unpaired) electrons. The van der Waals surface area contributed by atoms with Gasteiger partial charge < -0.3 is 9.64 Å². The number of carbonyl (C=O) groups is 1. The Bertz CT molecular complexity index is 691. The quantitative estimate of drug-likeness (QED) is 0.858. The minimum Gasteiger partial charge on any atom is -0.378 e. The molecule has 0 bridgehead atoms. The average Bonchev–Trinajstić information content (AvgIpc) is 3.13. The van der Waals surface area contributed by atoms with Crippen LogP contribution in [0.2, 0.25) is 0 Å². The van der Waals surface area contributed by atoms with Gasteiger partial charge >= 0.3 is 6.03 Å². The maximum Gasteiger partial charge on any atom is 0.323 e. The number of likely N-dealkylation sites (tertiary alicyclic amines) is 1. The van der Waals surface area contributed by atoms with E-state index in [1.807, 2.05) is 5.38 Å². The summed E-state index contributed by atoms with van der Waals surface area (Å²) in [5.74, 6) is 0.219. The summed E-state index contributed by atoms with van der Waals surface area (Å²) in [7, 11) is -1.55. The maximum atomic E-state index is 12.4. The van der Waals surface area contributed by atoms with Gasteiger partial charge in [-0.1, -0.05) is 0 Å². The molecule has 1 unspecified atom stereocenters. The van der Waals surface area contributed by atoms with Crippen LogP contribution in [-0.4, -0.2) is 67.2 Å². The molecule has 10 heteroatoms. The Hall–Kier alpha value is -1.23. The Labute approximate surface area is 145 Å². The number of thiazole rings is 1. The van der Waals surface area contributed by atoms with Gasteiger partial charge in [-0.25, -0.2) is 18.2 Å². The number of sulfonamides is 1. The van der Waals surface area contributed by atoms with Crippen LogP contribution >= 0.6 is 11.3 Å². The van der Waals surface area contributed by atoms with Gasteiger partial charge in [-0.15, -0.1) is 11.3 Å². The predicted molar refractivity (Wildman–Crippen MR) is 91.6 cm³/mol. The molecule has 0 saturated carbocycles. The summed E-state index contributed by atoms with van der Waals surface area (Å²) in [5.41, 5.74) is 0.775. The molecule has 2 amide bonds. The largest absolute Gasteiger partial charge is 0.378 e. The second-order valence-corrected chi connectivity index (χ2v) is 8.93. The Morgan fingerprint density at radius 2 is 2.29 bits per heavy atom. The third-order valence-electron chi connectivity index (χ3n) is 4.29. The first-order chi connectivity index (χ1) is 11.5. The molecule has 0 aromatic carbocycles. The molecule has 3 heterocycles. The maximum absolute atomic E-state index is 12.4. The van der Waals surface area contributed by atoms with E-state index in [2.05, 4.69) is 10.3 Å². The molecule has 0 aliphatic carbocycles. The first kappa shape index (κ1) is 17.6. The molecular formula is C14H22N4O4S2. The molecule has 3 rings (SSSR count). The molecule has 1 atom stereocenters. The van der Waals surface area contributed by atoms with Gasteiger partial charge in [-0.05, 0) is 19.3 Å². The monoisotopic (exact) mass is 374 g/mol. The molecule has 2 aliphatic rings. The molecule has 1 N–H and O–H groups in total. The lowest BCUT2D eigenvalue weighted by molar-refractivity contribution is 0.163. The summed E-state index contributed by atoms with van der Waals surface area (Å²) >= 11 is 1.35. The number of urea groups is 1. The van der Waals surface area contributed by atoms with E-state index in [1.165, 1.54) is 11.3 Å². The van der Waals surface area contributed by atoms with Gasteiger partial charge in [-0.2, -0.15) is 4.31 Å². The normalized spacial score (nSPS) is 24.2. The number of methoxy groups -OCH3 is 1. The molecular weight excluding hydrogens is 352 g/mol. The van der Waals surface area contributed by atoms with E-state index >= 15 is 0 Å². The number of amides is 2. The summed E-state index contributed by atoms with van der Waals surface area (Å²) in [6.07, 6.45) is 2.28. The molecule has 24 heavy (non-hydrogen) atoms. The first-order valence-electron chi connectivity index (χ1n) is 7.98. The van der Waals surface area contributed by atoms with Crippen LogP contribution in [0, 0.1) is 0 Å². The Morgan fingerprint density at radius 3 is 3.00 bits per heavy atom. The van der Waals surface area contributed by atoms with Crippen LogP contribution in [0.1, 0.15) is 25.0 Å². The van der Waals surface area contributed by atoms with E-state index in [9.17, 15) is 13.2 Å². The number of hydrogen-bond acceptors (Lipinski definition) is 6. The van der Waals surface area contributed by atoms with Crippen molar-refractivity contribution in [2.45, 2.75) is 31.9 Å². The number of rotatable bonds is 4. The standard InChI is InChI=1S/C14H22N4O4S2/c1-22-9-11-10-23-13(15-11)16-14(19)17-5-2-4-12(8-17)18-6-3-7-24(18,20)21/h10,12H,2-9H2,1H3,(H,15,16,19). The van der Waals surface area contributed by atoms with Crippen LogP contribution in [0.5, 0.6) is 0 Å². The van der Waals surface area contributed by atoms with Gasteiger partial charge in [0.25, 0.3) is 0 Å². The van der Waals surface area contributed by atoms with Crippen molar-refractivity contribution in [1.82, 2.24) is 14.2 Å². The van der Waals surface area contributed by atoms with Gasteiger partial charge in [0.1, 0.15) is 0 Å². The fourth-order valence-corrected chi connectivity index (χ4v) is 5.64. The summed E-state index contributed by atoms with van der Waals surface area (Å²) in [6.45, 7) is 2.04. The summed E-state index contributed by atoms with van der Waals surface area (Å²) < 4.78 is 30.7. The molecule has 2 saturated heterocycles. The van der Waals surface area contributed by atoms with Crippen molar-refractivity contribution in [2.24, 2.45) is 0 Å². The lowest BCUT2D eigenvalue weighted by Gasteiger charge is -2.36. The third kappa shape index (κ3) is 3.88. The lowest BCUT2D eigenvalue weighted by Crippen LogP contribution is -2.51. The van der Waals surface area contributed by atoms with Crippen molar-refractivity contribution in [3.05, 3.63) is 11.1 Å². The molecule has 8 nitrogen and oxygen atoms in total. The molecule has 2 aliphatic heterocycles. The Kier molecular flexibility index (Phi) is 5.38. The smallest absolute Gasteiger partial charge is 0.323 e. The van der Waals surface area contributed by atoms with Gasteiger partial charge in [0, 0.05) is 38.2 Å². The van der Waals surface area contributed by atoms with E-state index in [-0.39, 0.29) is 17.8 Å². The van der Waals surface area contributed by atoms with Crippen molar-refractivity contribution >= 4 is 32.5 Å². The molecule has 2 fully saturated rings. The number of nitrogens with one attached hydrogen (secondary N) is 1. The van der Waals surface area contributed by atoms with Crippen molar-refractivity contribution in [3.8, 4) is 0 Å². The highest BCUT2D eigenvalue weighted by atomic mass is 32.2. The zero-order valence-corrected chi connectivity index (χ0v) is 15.2. The van der Waals surface area contributed by atoms with Crippen LogP contribution in [0.15, 0.2) is 5.38 Å². The van der Waals surface area contributed by atoms with E-state index in [4.69, 9.17) is 4.74 Å². The average molecular weight is 374 g/mol. The van der Waals surface area contributed by atoms with Gasteiger partial charge in [0.2, 0.25) is 10.0 Å². The minimum atomic E-state index is -3.15. The van der Waals surface area contributed by atoms with Crippen molar-refractivity contribution in [2.75, 3.05) is 37.8 Å². The number of aromatic nitrogens is 1. The van der Waals surface area contributed by atoms with Gasteiger partial charge in [0.05, 0.1) is 18.1 Å². The molecule has 1 aromatic rings. The van der Waals surface area contributed by atoms with E-state index in [1.54, 1.807) is 16.3 Å². The second-order valence-electron chi connectivity index (χ2n) is 6.03.